The van der Waals surface area contributed by atoms with Crippen molar-refractivity contribution >= 4 is 23.3 Å². The highest BCUT2D eigenvalue weighted by atomic mass is 35.5. The van der Waals surface area contributed by atoms with Crippen LogP contribution in [-0.4, -0.2) is 18.0 Å². The number of aromatic nitrogens is 1. The van der Waals surface area contributed by atoms with Crippen molar-refractivity contribution in [2.75, 3.05) is 12.4 Å². The molecule has 1 heterocycles. The van der Waals surface area contributed by atoms with Gasteiger partial charge in [-0.1, -0.05) is 17.7 Å². The van der Waals surface area contributed by atoms with Gasteiger partial charge in [0.25, 0.3) is 0 Å². The van der Waals surface area contributed by atoms with E-state index in [0.717, 1.165) is 0 Å². The second-order valence-corrected chi connectivity index (χ2v) is 5.09. The predicted octanol–water partition coefficient (Wildman–Crippen LogP) is 3.15. The van der Waals surface area contributed by atoms with Crippen molar-refractivity contribution in [1.29, 1.82) is 0 Å². The fraction of sp³-hybridized carbons (Fsp3) is 0.200. The molecule has 0 fully saturated rings. The minimum Gasteiger partial charge on any atom is -0.494 e. The second-order valence-electron chi connectivity index (χ2n) is 4.68. The number of amides is 1. The van der Waals surface area contributed by atoms with E-state index in [-0.39, 0.29) is 22.4 Å². The Labute approximate surface area is 132 Å². The van der Waals surface area contributed by atoms with Crippen LogP contribution in [0, 0.1) is 5.82 Å². The van der Waals surface area contributed by atoms with Crippen LogP contribution in [0.2, 0.25) is 5.02 Å². The highest BCUT2D eigenvalue weighted by Gasteiger charge is 2.13. The molecular formula is C15H15ClFN3O2. The topological polar surface area (TPSA) is 77.2 Å². The van der Waals surface area contributed by atoms with E-state index in [0.29, 0.717) is 11.4 Å². The summed E-state index contributed by atoms with van der Waals surface area (Å²) in [6.45, 7) is 1.83. The summed E-state index contributed by atoms with van der Waals surface area (Å²) >= 11 is 6.06. The Morgan fingerprint density at radius 3 is 2.73 bits per heavy atom. The third-order valence-electron chi connectivity index (χ3n) is 3.15. The molecule has 0 aliphatic rings. The predicted molar refractivity (Wildman–Crippen MR) is 82.8 cm³/mol. The monoisotopic (exact) mass is 323 g/mol. The van der Waals surface area contributed by atoms with E-state index in [1.807, 2.05) is 6.92 Å². The normalized spacial score (nSPS) is 11.8. The lowest BCUT2D eigenvalue weighted by Crippen LogP contribution is -2.13. The second kappa shape index (κ2) is 6.62. The zero-order valence-corrected chi connectivity index (χ0v) is 12.8. The maximum absolute atomic E-state index is 13.7. The Bertz CT molecular complexity index is 709. The molecule has 0 unspecified atom stereocenters. The first-order valence-corrected chi connectivity index (χ1v) is 6.85. The minimum absolute atomic E-state index is 0.179. The molecule has 7 heteroatoms. The number of benzene rings is 1. The van der Waals surface area contributed by atoms with Crippen LogP contribution in [0.15, 0.2) is 30.5 Å². The number of nitrogens with one attached hydrogen (secondary N) is 1. The molecule has 0 aliphatic carbocycles. The summed E-state index contributed by atoms with van der Waals surface area (Å²) in [7, 11) is 1.41. The van der Waals surface area contributed by atoms with Crippen LogP contribution in [0.5, 0.6) is 5.75 Å². The number of nitrogens with zero attached hydrogens (tertiary/aromatic N) is 1. The van der Waals surface area contributed by atoms with Crippen LogP contribution in [0.1, 0.15) is 28.9 Å². The van der Waals surface area contributed by atoms with E-state index in [1.165, 1.54) is 25.4 Å². The lowest BCUT2D eigenvalue weighted by molar-refractivity contribution is 0.1000. The molecule has 116 valence electrons. The van der Waals surface area contributed by atoms with E-state index in [1.54, 1.807) is 12.1 Å². The van der Waals surface area contributed by atoms with Crippen molar-refractivity contribution in [2.24, 2.45) is 5.73 Å². The fourth-order valence-corrected chi connectivity index (χ4v) is 2.14. The first-order valence-electron chi connectivity index (χ1n) is 6.47. The SMILES string of the molecule is COc1ccc([C@@H](C)Nc2ncc(C(N)=O)cc2Cl)cc1F. The van der Waals surface area contributed by atoms with Gasteiger partial charge in [0.1, 0.15) is 5.82 Å². The van der Waals surface area contributed by atoms with Gasteiger partial charge in [-0.25, -0.2) is 9.37 Å². The highest BCUT2D eigenvalue weighted by molar-refractivity contribution is 6.33. The summed E-state index contributed by atoms with van der Waals surface area (Å²) in [5.41, 5.74) is 6.08. The number of rotatable bonds is 5. The first kappa shape index (κ1) is 16.0. The van der Waals surface area contributed by atoms with Crippen molar-refractivity contribution in [3.8, 4) is 5.75 Å². The van der Waals surface area contributed by atoms with E-state index in [4.69, 9.17) is 22.1 Å². The number of nitrogens with two attached hydrogens (primary N) is 1. The molecule has 0 spiro atoms. The molecule has 1 aromatic heterocycles. The number of ether oxygens (including phenoxy) is 1. The van der Waals surface area contributed by atoms with E-state index >= 15 is 0 Å². The van der Waals surface area contributed by atoms with Crippen molar-refractivity contribution < 1.29 is 13.9 Å². The number of halogens is 2. The van der Waals surface area contributed by atoms with Gasteiger partial charge >= 0.3 is 0 Å². The molecule has 0 aliphatic heterocycles. The number of carbonyl (C=O) groups excluding carboxylic acids is 1. The molecule has 22 heavy (non-hydrogen) atoms. The van der Waals surface area contributed by atoms with Gasteiger partial charge in [0, 0.05) is 6.20 Å². The van der Waals surface area contributed by atoms with Gasteiger partial charge in [0.15, 0.2) is 11.6 Å². The summed E-state index contributed by atoms with van der Waals surface area (Å²) in [4.78, 5) is 15.1. The van der Waals surface area contributed by atoms with Crippen LogP contribution in [0.4, 0.5) is 10.2 Å². The lowest BCUT2D eigenvalue weighted by atomic mass is 10.1. The quantitative estimate of drug-likeness (QED) is 0.886. The van der Waals surface area contributed by atoms with Gasteiger partial charge < -0.3 is 15.8 Å². The van der Waals surface area contributed by atoms with Gasteiger partial charge in [-0.2, -0.15) is 0 Å². The molecular weight excluding hydrogens is 309 g/mol. The Morgan fingerprint density at radius 2 is 2.18 bits per heavy atom. The number of methoxy groups -OCH3 is 1. The molecule has 1 atom stereocenters. The number of carbonyl (C=O) groups is 1. The molecule has 0 radical (unpaired) electrons. The average Bonchev–Trinajstić information content (AvgIpc) is 2.48. The standard InChI is InChI=1S/C15H15ClFN3O2/c1-8(9-3-4-13(22-2)12(17)6-9)20-15-11(16)5-10(7-19-15)14(18)21/h3-8H,1-2H3,(H2,18,21)(H,19,20)/t8-/m1/s1. The zero-order chi connectivity index (χ0) is 16.3. The van der Waals surface area contributed by atoms with Crippen LogP contribution >= 0.6 is 11.6 Å². The average molecular weight is 324 g/mol. The van der Waals surface area contributed by atoms with Crippen LogP contribution in [0.3, 0.4) is 0 Å². The first-order chi connectivity index (χ1) is 10.4. The van der Waals surface area contributed by atoms with Crippen molar-refractivity contribution in [2.45, 2.75) is 13.0 Å². The third-order valence-corrected chi connectivity index (χ3v) is 3.44. The number of hydrogen-bond acceptors (Lipinski definition) is 4. The number of hydrogen-bond donors (Lipinski definition) is 2. The summed E-state index contributed by atoms with van der Waals surface area (Å²) < 4.78 is 18.6. The summed E-state index contributed by atoms with van der Waals surface area (Å²) in [5, 5.41) is 3.32. The van der Waals surface area contributed by atoms with Gasteiger partial charge in [-0.3, -0.25) is 4.79 Å². The lowest BCUT2D eigenvalue weighted by Gasteiger charge is -2.16. The number of anilines is 1. The molecule has 0 bridgehead atoms. The van der Waals surface area contributed by atoms with Crippen LogP contribution < -0.4 is 15.8 Å². The molecule has 2 aromatic rings. The zero-order valence-electron chi connectivity index (χ0n) is 12.1. The van der Waals surface area contributed by atoms with Gasteiger partial charge in [0.2, 0.25) is 5.91 Å². The Hall–Kier alpha value is -2.34. The molecule has 1 aromatic carbocycles. The van der Waals surface area contributed by atoms with Crippen molar-refractivity contribution in [3.63, 3.8) is 0 Å². The van der Waals surface area contributed by atoms with E-state index in [9.17, 15) is 9.18 Å². The van der Waals surface area contributed by atoms with E-state index in [2.05, 4.69) is 10.3 Å². The summed E-state index contributed by atoms with van der Waals surface area (Å²) in [6.07, 6.45) is 1.33. The maximum Gasteiger partial charge on any atom is 0.250 e. The fourth-order valence-electron chi connectivity index (χ4n) is 1.92. The minimum atomic E-state index is -0.605. The summed E-state index contributed by atoms with van der Waals surface area (Å²) in [5.74, 6) is -0.490. The Balaban J connectivity index is 2.20. The van der Waals surface area contributed by atoms with Gasteiger partial charge in [-0.05, 0) is 30.7 Å². The van der Waals surface area contributed by atoms with Gasteiger partial charge in [-0.15, -0.1) is 0 Å². The summed E-state index contributed by atoms with van der Waals surface area (Å²) in [6, 6.07) is 5.85. The van der Waals surface area contributed by atoms with Crippen molar-refractivity contribution in [3.05, 3.63) is 52.4 Å². The van der Waals surface area contributed by atoms with E-state index < -0.39 is 11.7 Å². The van der Waals surface area contributed by atoms with Crippen LogP contribution in [0.25, 0.3) is 0 Å². The molecule has 3 N–H and O–H groups in total. The largest absolute Gasteiger partial charge is 0.494 e. The third kappa shape index (κ3) is 3.46. The van der Waals surface area contributed by atoms with Gasteiger partial charge in [0.05, 0.1) is 23.7 Å². The number of pyridine rings is 1. The van der Waals surface area contributed by atoms with Crippen LogP contribution in [-0.2, 0) is 0 Å². The smallest absolute Gasteiger partial charge is 0.250 e. The molecule has 0 saturated heterocycles. The molecule has 5 nitrogen and oxygen atoms in total. The Morgan fingerprint density at radius 1 is 1.45 bits per heavy atom. The Kier molecular flexibility index (Phi) is 4.82. The molecule has 0 saturated carbocycles. The number of primary amides is 1. The molecule has 2 rings (SSSR count). The molecule has 1 amide bonds. The van der Waals surface area contributed by atoms with Crippen molar-refractivity contribution in [1.82, 2.24) is 4.98 Å². The maximum atomic E-state index is 13.7. The highest BCUT2D eigenvalue weighted by Crippen LogP contribution is 2.27.